The summed E-state index contributed by atoms with van der Waals surface area (Å²) in [5, 5.41) is 13.7. The van der Waals surface area contributed by atoms with E-state index in [1.165, 1.54) is 33.3 Å². The third kappa shape index (κ3) is 4.03. The summed E-state index contributed by atoms with van der Waals surface area (Å²) >= 11 is 0. The van der Waals surface area contributed by atoms with Gasteiger partial charge in [0.25, 0.3) is 0 Å². The van der Waals surface area contributed by atoms with Crippen molar-refractivity contribution < 1.29 is 0 Å². The van der Waals surface area contributed by atoms with Crippen molar-refractivity contribution in [3.05, 3.63) is 53.5 Å². The topological polar surface area (TPSA) is 99.6 Å². The first-order valence-electron chi connectivity index (χ1n) is 12.1. The molecule has 8 nitrogen and oxygen atoms in total. The molecule has 4 N–H and O–H groups in total. The van der Waals surface area contributed by atoms with Crippen LogP contribution in [0.25, 0.3) is 27.8 Å². The average molecular weight is 459 g/mol. The van der Waals surface area contributed by atoms with Crippen molar-refractivity contribution >= 4 is 22.4 Å². The number of nitrogens with two attached hydrogens (primary N) is 1. The zero-order valence-electron chi connectivity index (χ0n) is 20.5. The first-order chi connectivity index (χ1) is 16.5. The van der Waals surface area contributed by atoms with E-state index in [0.717, 1.165) is 43.8 Å². The molecule has 1 fully saturated rings. The second-order valence-electron chi connectivity index (χ2n) is 9.64. The molecule has 5 rings (SSSR count). The van der Waals surface area contributed by atoms with Gasteiger partial charge in [-0.15, -0.1) is 10.2 Å². The van der Waals surface area contributed by atoms with E-state index in [1.807, 2.05) is 6.07 Å². The summed E-state index contributed by atoms with van der Waals surface area (Å²) in [7, 11) is 1.78. The van der Waals surface area contributed by atoms with Gasteiger partial charge in [-0.1, -0.05) is 19.9 Å². The lowest BCUT2D eigenvalue weighted by atomic mass is 9.87. The summed E-state index contributed by atoms with van der Waals surface area (Å²) in [5.74, 6) is 1.60. The molecule has 1 aliphatic rings. The summed E-state index contributed by atoms with van der Waals surface area (Å²) in [5.41, 5.74) is 17.2. The molecule has 0 radical (unpaired) electrons. The Hall–Kier alpha value is -3.39. The Kier molecular flexibility index (Phi) is 6.00. The molecule has 1 saturated heterocycles. The second kappa shape index (κ2) is 9.10. The zero-order valence-corrected chi connectivity index (χ0v) is 20.5. The molecule has 0 spiro atoms. The lowest BCUT2D eigenvalue weighted by Crippen LogP contribution is -2.39. The van der Waals surface area contributed by atoms with E-state index in [9.17, 15) is 0 Å². The van der Waals surface area contributed by atoms with Gasteiger partial charge in [0, 0.05) is 29.2 Å². The standard InChI is InChI=1S/C26H34N8/c1-16(2)25-21-13-19(18-9-11-33(12-10-18)14-23(27)31-28-4)5-7-22(21)30-26(25)20-6-8-24-32-29-15-34(24)17(20)3/h5-8,13,15-16,18,28,30H,9-12,14H2,1-4H3,(H2,27,31). The van der Waals surface area contributed by atoms with E-state index in [1.54, 1.807) is 13.4 Å². The molecule has 3 aromatic heterocycles. The molecule has 4 aromatic rings. The van der Waals surface area contributed by atoms with Crippen LogP contribution in [0.15, 0.2) is 41.8 Å². The Bertz CT molecular complexity index is 1340. The predicted octanol–water partition coefficient (Wildman–Crippen LogP) is 3.98. The normalized spacial score (nSPS) is 16.2. The first kappa shape index (κ1) is 22.4. The Morgan fingerprint density at radius 3 is 2.76 bits per heavy atom. The fourth-order valence-corrected chi connectivity index (χ4v) is 5.42. The number of aromatic nitrogens is 4. The molecular weight excluding hydrogens is 424 g/mol. The maximum atomic E-state index is 5.99. The highest BCUT2D eigenvalue weighted by atomic mass is 15.3. The van der Waals surface area contributed by atoms with Crippen LogP contribution in [0.3, 0.4) is 0 Å². The smallest absolute Gasteiger partial charge is 0.160 e. The third-order valence-electron chi connectivity index (χ3n) is 7.13. The van der Waals surface area contributed by atoms with Crippen LogP contribution in [0, 0.1) is 6.92 Å². The van der Waals surface area contributed by atoms with Crippen molar-refractivity contribution in [3.63, 3.8) is 0 Å². The van der Waals surface area contributed by atoms with Gasteiger partial charge in [-0.05, 0) is 80.1 Å². The molecule has 0 bridgehead atoms. The highest BCUT2D eigenvalue weighted by Crippen LogP contribution is 2.39. The molecule has 178 valence electrons. The number of benzene rings is 1. The Balaban J connectivity index is 1.46. The molecule has 0 saturated carbocycles. The fraction of sp³-hybridized carbons (Fsp3) is 0.423. The molecule has 4 heterocycles. The van der Waals surface area contributed by atoms with E-state index in [-0.39, 0.29) is 0 Å². The zero-order chi connectivity index (χ0) is 23.8. The summed E-state index contributed by atoms with van der Waals surface area (Å²) in [6.07, 6.45) is 4.06. The van der Waals surface area contributed by atoms with Gasteiger partial charge in [0.05, 0.1) is 12.2 Å². The lowest BCUT2D eigenvalue weighted by Gasteiger charge is -2.32. The van der Waals surface area contributed by atoms with E-state index in [2.05, 4.69) is 80.0 Å². The summed E-state index contributed by atoms with van der Waals surface area (Å²) in [4.78, 5) is 6.13. The molecule has 0 aliphatic carbocycles. The number of aromatic amines is 1. The van der Waals surface area contributed by atoms with Crippen molar-refractivity contribution in [2.75, 3.05) is 26.7 Å². The average Bonchev–Trinajstić information content (AvgIpc) is 3.44. The van der Waals surface area contributed by atoms with E-state index in [4.69, 9.17) is 5.73 Å². The first-order valence-corrected chi connectivity index (χ1v) is 12.1. The van der Waals surface area contributed by atoms with Gasteiger partial charge in [0.2, 0.25) is 0 Å². The van der Waals surface area contributed by atoms with E-state index in [0.29, 0.717) is 17.7 Å². The minimum atomic E-state index is 0.395. The Morgan fingerprint density at radius 2 is 2.03 bits per heavy atom. The van der Waals surface area contributed by atoms with Crippen LogP contribution in [0.4, 0.5) is 0 Å². The number of nitrogens with one attached hydrogen (secondary N) is 2. The molecule has 0 amide bonds. The molecule has 8 heteroatoms. The van der Waals surface area contributed by atoms with Crippen LogP contribution in [-0.2, 0) is 0 Å². The number of fused-ring (bicyclic) bond motifs is 2. The molecule has 0 unspecified atom stereocenters. The van der Waals surface area contributed by atoms with E-state index < -0.39 is 0 Å². The van der Waals surface area contributed by atoms with Crippen molar-refractivity contribution in [2.45, 2.75) is 45.4 Å². The SMILES string of the molecule is CN/N=C(\N)CN1CCC(c2ccc3[nH]c(-c4ccc5nncn5c4C)c(C(C)C)c3c2)CC1. The Labute approximate surface area is 200 Å². The molecule has 0 atom stereocenters. The number of hydrogen-bond donors (Lipinski definition) is 3. The summed E-state index contributed by atoms with van der Waals surface area (Å²) in [6, 6.07) is 11.2. The van der Waals surface area contributed by atoms with Crippen LogP contribution < -0.4 is 11.2 Å². The monoisotopic (exact) mass is 458 g/mol. The molecule has 1 aliphatic heterocycles. The minimum absolute atomic E-state index is 0.395. The minimum Gasteiger partial charge on any atom is -0.385 e. The summed E-state index contributed by atoms with van der Waals surface area (Å²) < 4.78 is 2.05. The van der Waals surface area contributed by atoms with Crippen LogP contribution >= 0.6 is 0 Å². The van der Waals surface area contributed by atoms with Gasteiger partial charge in [0.15, 0.2) is 5.65 Å². The number of likely N-dealkylation sites (tertiary alicyclic amines) is 1. The fourth-order valence-electron chi connectivity index (χ4n) is 5.42. The van der Waals surface area contributed by atoms with Crippen LogP contribution in [0.5, 0.6) is 0 Å². The van der Waals surface area contributed by atoms with Gasteiger partial charge in [0.1, 0.15) is 12.2 Å². The number of nitrogens with zero attached hydrogens (tertiary/aromatic N) is 5. The van der Waals surface area contributed by atoms with Crippen molar-refractivity contribution in [1.82, 2.24) is 29.9 Å². The van der Waals surface area contributed by atoms with Gasteiger partial charge >= 0.3 is 0 Å². The van der Waals surface area contributed by atoms with Gasteiger partial charge in [-0.25, -0.2) is 0 Å². The van der Waals surface area contributed by atoms with Crippen LogP contribution in [0.1, 0.15) is 55.3 Å². The quantitative estimate of drug-likeness (QED) is 0.231. The Morgan fingerprint density at radius 1 is 1.24 bits per heavy atom. The van der Waals surface area contributed by atoms with Crippen LogP contribution in [-0.4, -0.2) is 57.0 Å². The number of piperidine rings is 1. The van der Waals surface area contributed by atoms with E-state index >= 15 is 0 Å². The maximum absolute atomic E-state index is 5.99. The number of aryl methyl sites for hydroxylation is 1. The number of rotatable bonds is 6. The van der Waals surface area contributed by atoms with Gasteiger partial charge in [-0.3, -0.25) is 9.30 Å². The molecular formula is C26H34N8. The maximum Gasteiger partial charge on any atom is 0.160 e. The largest absolute Gasteiger partial charge is 0.385 e. The highest BCUT2D eigenvalue weighted by molar-refractivity contribution is 5.92. The predicted molar refractivity (Wildman–Crippen MR) is 138 cm³/mol. The van der Waals surface area contributed by atoms with Crippen molar-refractivity contribution in [3.8, 4) is 11.3 Å². The molecule has 1 aromatic carbocycles. The van der Waals surface area contributed by atoms with Gasteiger partial charge < -0.3 is 16.1 Å². The van der Waals surface area contributed by atoms with Gasteiger partial charge in [-0.2, -0.15) is 5.10 Å². The lowest BCUT2D eigenvalue weighted by molar-refractivity contribution is 0.238. The third-order valence-corrected chi connectivity index (χ3v) is 7.13. The summed E-state index contributed by atoms with van der Waals surface area (Å²) in [6.45, 7) is 9.49. The number of H-pyrrole nitrogens is 1. The highest BCUT2D eigenvalue weighted by Gasteiger charge is 2.23. The van der Waals surface area contributed by atoms with Crippen LogP contribution in [0.2, 0.25) is 0 Å². The number of pyridine rings is 1. The van der Waals surface area contributed by atoms with Crippen molar-refractivity contribution in [2.24, 2.45) is 10.8 Å². The van der Waals surface area contributed by atoms with Crippen molar-refractivity contribution in [1.29, 1.82) is 0 Å². The number of amidine groups is 1. The number of hydrogen-bond acceptors (Lipinski definition) is 5. The molecule has 34 heavy (non-hydrogen) atoms. The second-order valence-corrected chi connectivity index (χ2v) is 9.64. The number of hydrazone groups is 1.